The van der Waals surface area contributed by atoms with Gasteiger partial charge in [-0.2, -0.15) is 0 Å². The Hall–Kier alpha value is -4.05. The first-order chi connectivity index (χ1) is 17.4. The third kappa shape index (κ3) is 4.72. The Labute approximate surface area is 207 Å². The molecule has 0 aromatic heterocycles. The van der Waals surface area contributed by atoms with Gasteiger partial charge in [-0.05, 0) is 43.0 Å². The second-order valence-corrected chi connectivity index (χ2v) is 9.18. The fourth-order valence-electron chi connectivity index (χ4n) is 4.98. The molecule has 0 bridgehead atoms. The number of hydrogen-bond donors (Lipinski definition) is 2. The molecule has 2 N–H and O–H groups in total. The van der Waals surface area contributed by atoms with Crippen molar-refractivity contribution in [1.29, 1.82) is 0 Å². The Morgan fingerprint density at radius 1 is 0.944 bits per heavy atom. The SMILES string of the molecule is O=C1CCC(N2C(=O)c3cccc(CN4CCC(NC(=O)Oc5ccccc5)CC4)c3C2=O)C(=O)N1. The van der Waals surface area contributed by atoms with Gasteiger partial charge in [0.05, 0.1) is 11.1 Å². The summed E-state index contributed by atoms with van der Waals surface area (Å²) in [5.41, 5.74) is 1.32. The Morgan fingerprint density at radius 2 is 1.69 bits per heavy atom. The molecule has 5 amide bonds. The van der Waals surface area contributed by atoms with E-state index in [1.807, 2.05) is 12.1 Å². The van der Waals surface area contributed by atoms with Crippen LogP contribution in [0.4, 0.5) is 4.79 Å². The van der Waals surface area contributed by atoms with Crippen LogP contribution in [0, 0.1) is 0 Å². The minimum Gasteiger partial charge on any atom is -0.410 e. The molecule has 1 unspecified atom stereocenters. The summed E-state index contributed by atoms with van der Waals surface area (Å²) in [6, 6.07) is 13.0. The zero-order valence-corrected chi connectivity index (χ0v) is 19.6. The maximum Gasteiger partial charge on any atom is 0.412 e. The van der Waals surface area contributed by atoms with Crippen molar-refractivity contribution in [3.8, 4) is 5.75 Å². The minimum atomic E-state index is -0.986. The maximum absolute atomic E-state index is 13.3. The highest BCUT2D eigenvalue weighted by atomic mass is 16.6. The fourth-order valence-corrected chi connectivity index (χ4v) is 4.98. The lowest BCUT2D eigenvalue weighted by Crippen LogP contribution is -2.54. The van der Waals surface area contributed by atoms with Crippen LogP contribution in [-0.2, 0) is 16.1 Å². The first-order valence-corrected chi connectivity index (χ1v) is 12.0. The molecule has 10 heteroatoms. The highest BCUT2D eigenvalue weighted by Crippen LogP contribution is 2.31. The van der Waals surface area contributed by atoms with Crippen molar-refractivity contribution in [3.05, 3.63) is 65.2 Å². The summed E-state index contributed by atoms with van der Waals surface area (Å²) in [4.78, 5) is 65.5. The number of para-hydroxylation sites is 1. The van der Waals surface area contributed by atoms with E-state index in [1.54, 1.807) is 36.4 Å². The summed E-state index contributed by atoms with van der Waals surface area (Å²) in [7, 11) is 0. The number of likely N-dealkylation sites (tertiary alicyclic amines) is 1. The summed E-state index contributed by atoms with van der Waals surface area (Å²) in [5.74, 6) is -1.55. The molecule has 1 atom stereocenters. The fraction of sp³-hybridized carbons (Fsp3) is 0.346. The predicted octanol–water partition coefficient (Wildman–Crippen LogP) is 1.84. The number of fused-ring (bicyclic) bond motifs is 1. The summed E-state index contributed by atoms with van der Waals surface area (Å²) in [6.07, 6.45) is 1.15. The van der Waals surface area contributed by atoms with Crippen LogP contribution in [0.3, 0.4) is 0 Å². The van der Waals surface area contributed by atoms with E-state index in [2.05, 4.69) is 15.5 Å². The van der Waals surface area contributed by atoms with Gasteiger partial charge in [-0.15, -0.1) is 0 Å². The molecule has 2 fully saturated rings. The Kier molecular flexibility index (Phi) is 6.51. The van der Waals surface area contributed by atoms with Gasteiger partial charge in [0.2, 0.25) is 11.8 Å². The van der Waals surface area contributed by atoms with E-state index in [9.17, 15) is 24.0 Å². The van der Waals surface area contributed by atoms with Crippen molar-refractivity contribution in [1.82, 2.24) is 20.4 Å². The molecule has 3 aliphatic heterocycles. The molecule has 2 aromatic rings. The molecule has 2 saturated heterocycles. The van der Waals surface area contributed by atoms with E-state index in [0.717, 1.165) is 10.5 Å². The molecule has 0 aliphatic carbocycles. The van der Waals surface area contributed by atoms with E-state index in [4.69, 9.17) is 4.74 Å². The minimum absolute atomic E-state index is 0.0230. The molecular formula is C26H26N4O6. The number of imide groups is 2. The van der Waals surface area contributed by atoms with Crippen LogP contribution >= 0.6 is 0 Å². The monoisotopic (exact) mass is 490 g/mol. The molecule has 2 aromatic carbocycles. The van der Waals surface area contributed by atoms with Gasteiger partial charge < -0.3 is 10.1 Å². The topological polar surface area (TPSA) is 125 Å². The summed E-state index contributed by atoms with van der Waals surface area (Å²) in [6.45, 7) is 1.85. The number of ether oxygens (including phenoxy) is 1. The Morgan fingerprint density at radius 3 is 2.42 bits per heavy atom. The number of benzene rings is 2. The lowest BCUT2D eigenvalue weighted by molar-refractivity contribution is -0.136. The third-order valence-corrected chi connectivity index (χ3v) is 6.81. The van der Waals surface area contributed by atoms with Crippen LogP contribution in [0.2, 0.25) is 0 Å². The average Bonchev–Trinajstić information content (AvgIpc) is 3.12. The Balaban J connectivity index is 1.20. The van der Waals surface area contributed by atoms with Gasteiger partial charge in [0.25, 0.3) is 11.8 Å². The number of rotatable bonds is 5. The van der Waals surface area contributed by atoms with Crippen molar-refractivity contribution >= 4 is 29.7 Å². The molecular weight excluding hydrogens is 464 g/mol. The maximum atomic E-state index is 13.3. The number of nitrogens with one attached hydrogen (secondary N) is 2. The van der Waals surface area contributed by atoms with Crippen LogP contribution < -0.4 is 15.4 Å². The normalized spacial score (nSPS) is 20.8. The van der Waals surface area contributed by atoms with E-state index < -0.39 is 35.8 Å². The largest absolute Gasteiger partial charge is 0.412 e. The number of carbonyl (C=O) groups excluding carboxylic acids is 5. The van der Waals surface area contributed by atoms with Gasteiger partial charge in [-0.25, -0.2) is 4.79 Å². The quantitative estimate of drug-likeness (QED) is 0.613. The van der Waals surface area contributed by atoms with Gasteiger partial charge in [0.15, 0.2) is 0 Å². The zero-order chi connectivity index (χ0) is 25.2. The van der Waals surface area contributed by atoms with Gasteiger partial charge >= 0.3 is 6.09 Å². The standard InChI is InChI=1S/C26H26N4O6/c31-21-10-9-20(23(32)28-21)30-24(33)19-8-4-5-16(22(19)25(30)34)15-29-13-11-17(12-14-29)27-26(35)36-18-6-2-1-3-7-18/h1-8,17,20H,9-15H2,(H,27,35)(H,28,31,32). The van der Waals surface area contributed by atoms with Gasteiger partial charge in [0.1, 0.15) is 11.8 Å². The van der Waals surface area contributed by atoms with Crippen LogP contribution in [-0.4, -0.2) is 64.7 Å². The molecule has 186 valence electrons. The molecule has 0 saturated carbocycles. The number of carbonyl (C=O) groups is 5. The number of nitrogens with zero attached hydrogens (tertiary/aromatic N) is 2. The van der Waals surface area contributed by atoms with E-state index in [1.165, 1.54) is 0 Å². The zero-order valence-electron chi connectivity index (χ0n) is 19.6. The molecule has 36 heavy (non-hydrogen) atoms. The lowest BCUT2D eigenvalue weighted by atomic mass is 10.00. The predicted molar refractivity (Wildman–Crippen MR) is 127 cm³/mol. The second kappa shape index (κ2) is 9.90. The van der Waals surface area contributed by atoms with E-state index in [-0.39, 0.29) is 24.4 Å². The van der Waals surface area contributed by atoms with Crippen molar-refractivity contribution in [3.63, 3.8) is 0 Å². The molecule has 3 aliphatic rings. The highest BCUT2D eigenvalue weighted by Gasteiger charge is 2.45. The smallest absolute Gasteiger partial charge is 0.410 e. The second-order valence-electron chi connectivity index (χ2n) is 9.18. The third-order valence-electron chi connectivity index (χ3n) is 6.81. The van der Waals surface area contributed by atoms with Crippen molar-refractivity contribution in [2.75, 3.05) is 13.1 Å². The van der Waals surface area contributed by atoms with E-state index >= 15 is 0 Å². The molecule has 10 nitrogen and oxygen atoms in total. The summed E-state index contributed by atoms with van der Waals surface area (Å²) in [5, 5.41) is 5.11. The molecule has 0 spiro atoms. The average molecular weight is 491 g/mol. The number of piperidine rings is 2. The van der Waals surface area contributed by atoms with Gasteiger partial charge in [0, 0.05) is 32.1 Å². The van der Waals surface area contributed by atoms with Crippen molar-refractivity contribution < 1.29 is 28.7 Å². The number of hydrogen-bond acceptors (Lipinski definition) is 7. The molecule has 3 heterocycles. The van der Waals surface area contributed by atoms with Crippen LogP contribution in [0.25, 0.3) is 0 Å². The number of amides is 5. The molecule has 5 rings (SSSR count). The van der Waals surface area contributed by atoms with Gasteiger partial charge in [-0.1, -0.05) is 30.3 Å². The van der Waals surface area contributed by atoms with Crippen molar-refractivity contribution in [2.24, 2.45) is 0 Å². The Bertz CT molecular complexity index is 1220. The highest BCUT2D eigenvalue weighted by molar-refractivity contribution is 6.24. The first-order valence-electron chi connectivity index (χ1n) is 12.0. The van der Waals surface area contributed by atoms with Crippen LogP contribution in [0.5, 0.6) is 5.75 Å². The van der Waals surface area contributed by atoms with E-state index in [0.29, 0.717) is 43.8 Å². The first kappa shape index (κ1) is 23.7. The lowest BCUT2D eigenvalue weighted by Gasteiger charge is -2.32. The van der Waals surface area contributed by atoms with Crippen molar-refractivity contribution in [2.45, 2.75) is 44.3 Å². The summed E-state index contributed by atoms with van der Waals surface area (Å²) >= 11 is 0. The van der Waals surface area contributed by atoms with Gasteiger partial charge in [-0.3, -0.25) is 34.3 Å². The van der Waals surface area contributed by atoms with Crippen LogP contribution in [0.1, 0.15) is 52.0 Å². The van der Waals surface area contributed by atoms with Crippen LogP contribution in [0.15, 0.2) is 48.5 Å². The summed E-state index contributed by atoms with van der Waals surface area (Å²) < 4.78 is 5.30. The molecule has 0 radical (unpaired) electrons.